The third-order valence-electron chi connectivity index (χ3n) is 2.88. The van der Waals surface area contributed by atoms with Crippen LogP contribution in [0.25, 0.3) is 0 Å². The maximum atomic E-state index is 11.4. The van der Waals surface area contributed by atoms with Crippen molar-refractivity contribution in [3.8, 4) is 0 Å². The van der Waals surface area contributed by atoms with Gasteiger partial charge in [0.2, 0.25) is 5.91 Å². The van der Waals surface area contributed by atoms with Gasteiger partial charge in [0.25, 0.3) is 0 Å². The quantitative estimate of drug-likeness (QED) is 0.262. The number of carbonyl (C=O) groups excluding carboxylic acids is 1. The maximum Gasteiger partial charge on any atom is 0.241 e. The van der Waals surface area contributed by atoms with Crippen molar-refractivity contribution >= 4 is 35.8 Å². The van der Waals surface area contributed by atoms with Crippen LogP contribution < -0.4 is 16.0 Å². The van der Waals surface area contributed by atoms with Gasteiger partial charge in [0.1, 0.15) is 6.54 Å². The SMILES string of the molecule is CCNC(=O)CN=C(NCC)NCCCc1ccccc1.I. The van der Waals surface area contributed by atoms with Gasteiger partial charge in [-0.3, -0.25) is 4.79 Å². The molecule has 1 amide bonds. The summed E-state index contributed by atoms with van der Waals surface area (Å²) in [5, 5.41) is 9.12. The number of benzene rings is 1. The molecule has 0 saturated carbocycles. The number of likely N-dealkylation sites (N-methyl/N-ethyl adjacent to an activating group) is 1. The van der Waals surface area contributed by atoms with Gasteiger partial charge in [-0.2, -0.15) is 0 Å². The summed E-state index contributed by atoms with van der Waals surface area (Å²) in [5.41, 5.74) is 1.34. The minimum absolute atomic E-state index is 0. The molecule has 0 bridgehead atoms. The largest absolute Gasteiger partial charge is 0.357 e. The normalized spacial score (nSPS) is 10.5. The van der Waals surface area contributed by atoms with Gasteiger partial charge in [0.15, 0.2) is 5.96 Å². The molecule has 6 heteroatoms. The Labute approximate surface area is 150 Å². The number of carbonyl (C=O) groups is 1. The topological polar surface area (TPSA) is 65.5 Å². The van der Waals surface area contributed by atoms with Crippen molar-refractivity contribution in [1.29, 1.82) is 0 Å². The van der Waals surface area contributed by atoms with Crippen LogP contribution in [0.3, 0.4) is 0 Å². The van der Waals surface area contributed by atoms with Gasteiger partial charge in [-0.1, -0.05) is 30.3 Å². The molecule has 0 aromatic heterocycles. The van der Waals surface area contributed by atoms with Crippen LogP contribution in [0.5, 0.6) is 0 Å². The molecule has 3 N–H and O–H groups in total. The van der Waals surface area contributed by atoms with Crippen molar-refractivity contribution in [1.82, 2.24) is 16.0 Å². The Hall–Kier alpha value is -1.31. The Morgan fingerprint density at radius 3 is 2.36 bits per heavy atom. The van der Waals surface area contributed by atoms with E-state index in [1.165, 1.54) is 5.56 Å². The van der Waals surface area contributed by atoms with E-state index in [2.05, 4.69) is 45.2 Å². The van der Waals surface area contributed by atoms with E-state index >= 15 is 0 Å². The highest BCUT2D eigenvalue weighted by atomic mass is 127. The van der Waals surface area contributed by atoms with Crippen LogP contribution in [0.2, 0.25) is 0 Å². The fourth-order valence-corrected chi connectivity index (χ4v) is 1.89. The fourth-order valence-electron chi connectivity index (χ4n) is 1.89. The highest BCUT2D eigenvalue weighted by molar-refractivity contribution is 14.0. The third kappa shape index (κ3) is 9.59. The predicted octanol–water partition coefficient (Wildman–Crippen LogP) is 1.93. The van der Waals surface area contributed by atoms with Crippen molar-refractivity contribution in [2.24, 2.45) is 4.99 Å². The van der Waals surface area contributed by atoms with Crippen LogP contribution in [0.4, 0.5) is 0 Å². The molecule has 1 aromatic rings. The Bertz CT molecular complexity index is 437. The van der Waals surface area contributed by atoms with E-state index in [9.17, 15) is 4.79 Å². The molecule has 0 atom stereocenters. The molecule has 0 heterocycles. The number of amides is 1. The molecule has 0 fully saturated rings. The summed E-state index contributed by atoms with van der Waals surface area (Å²) in [4.78, 5) is 15.7. The number of nitrogens with one attached hydrogen (secondary N) is 3. The van der Waals surface area contributed by atoms with E-state index in [-0.39, 0.29) is 36.4 Å². The van der Waals surface area contributed by atoms with Gasteiger partial charge in [-0.25, -0.2) is 4.99 Å². The van der Waals surface area contributed by atoms with Gasteiger partial charge < -0.3 is 16.0 Å². The number of hydrogen-bond acceptors (Lipinski definition) is 2. The van der Waals surface area contributed by atoms with E-state index in [0.29, 0.717) is 12.5 Å². The molecular formula is C16H27IN4O. The first-order valence-electron chi connectivity index (χ1n) is 7.59. The van der Waals surface area contributed by atoms with Crippen molar-refractivity contribution in [2.75, 3.05) is 26.2 Å². The lowest BCUT2D eigenvalue weighted by Gasteiger charge is -2.11. The third-order valence-corrected chi connectivity index (χ3v) is 2.88. The van der Waals surface area contributed by atoms with Gasteiger partial charge >= 0.3 is 0 Å². The van der Waals surface area contributed by atoms with Crippen LogP contribution in [0.1, 0.15) is 25.8 Å². The Morgan fingerprint density at radius 1 is 1.05 bits per heavy atom. The second-order valence-electron chi connectivity index (χ2n) is 4.66. The molecule has 0 spiro atoms. The summed E-state index contributed by atoms with van der Waals surface area (Å²) in [6.45, 7) is 6.30. The lowest BCUT2D eigenvalue weighted by atomic mass is 10.1. The van der Waals surface area contributed by atoms with Crippen molar-refractivity contribution in [3.05, 3.63) is 35.9 Å². The van der Waals surface area contributed by atoms with E-state index < -0.39 is 0 Å². The number of halogens is 1. The van der Waals surface area contributed by atoms with Crippen LogP contribution >= 0.6 is 24.0 Å². The summed E-state index contributed by atoms with van der Waals surface area (Å²) in [7, 11) is 0. The average Bonchev–Trinajstić information content (AvgIpc) is 2.50. The Kier molecular flexibility index (Phi) is 12.6. The molecule has 0 aliphatic heterocycles. The fraction of sp³-hybridized carbons (Fsp3) is 0.500. The van der Waals surface area contributed by atoms with Gasteiger partial charge in [0.05, 0.1) is 0 Å². The van der Waals surface area contributed by atoms with E-state index in [0.717, 1.165) is 25.9 Å². The zero-order valence-electron chi connectivity index (χ0n) is 13.4. The summed E-state index contributed by atoms with van der Waals surface area (Å²) in [6, 6.07) is 10.4. The molecule has 0 aliphatic rings. The maximum absolute atomic E-state index is 11.4. The van der Waals surface area contributed by atoms with Crippen molar-refractivity contribution in [3.63, 3.8) is 0 Å². The van der Waals surface area contributed by atoms with Crippen molar-refractivity contribution < 1.29 is 4.79 Å². The second-order valence-corrected chi connectivity index (χ2v) is 4.66. The molecule has 1 aromatic carbocycles. The lowest BCUT2D eigenvalue weighted by molar-refractivity contribution is -0.119. The standard InChI is InChI=1S/C16H26N4O.HI/c1-3-17-15(21)13-20-16(18-4-2)19-12-8-11-14-9-6-5-7-10-14;/h5-7,9-10H,3-4,8,11-13H2,1-2H3,(H,17,21)(H2,18,19,20);1H. The number of rotatable bonds is 8. The molecule has 124 valence electrons. The number of nitrogens with zero attached hydrogens (tertiary/aromatic N) is 1. The second kappa shape index (κ2) is 13.4. The zero-order valence-corrected chi connectivity index (χ0v) is 15.7. The Morgan fingerprint density at radius 2 is 1.73 bits per heavy atom. The van der Waals surface area contributed by atoms with Crippen LogP contribution in [0.15, 0.2) is 35.3 Å². The first kappa shape index (κ1) is 20.7. The van der Waals surface area contributed by atoms with Gasteiger partial charge in [-0.05, 0) is 32.3 Å². The molecule has 5 nitrogen and oxygen atoms in total. The highest BCUT2D eigenvalue weighted by Crippen LogP contribution is 2.01. The molecule has 0 aliphatic carbocycles. The highest BCUT2D eigenvalue weighted by Gasteiger charge is 2.00. The first-order valence-corrected chi connectivity index (χ1v) is 7.59. The van der Waals surface area contributed by atoms with E-state index in [1.54, 1.807) is 0 Å². The minimum atomic E-state index is -0.0565. The summed E-state index contributed by atoms with van der Waals surface area (Å²) in [5.74, 6) is 0.635. The summed E-state index contributed by atoms with van der Waals surface area (Å²) in [6.07, 6.45) is 2.05. The van der Waals surface area contributed by atoms with Gasteiger partial charge in [0, 0.05) is 19.6 Å². The molecule has 0 radical (unpaired) electrons. The van der Waals surface area contributed by atoms with Crippen molar-refractivity contribution in [2.45, 2.75) is 26.7 Å². The average molecular weight is 418 g/mol. The first-order chi connectivity index (χ1) is 10.3. The number of aryl methyl sites for hydroxylation is 1. The molecule has 22 heavy (non-hydrogen) atoms. The van der Waals surface area contributed by atoms with Crippen LogP contribution in [-0.2, 0) is 11.2 Å². The Balaban J connectivity index is 0.00000441. The number of aliphatic imine (C=N–C) groups is 1. The minimum Gasteiger partial charge on any atom is -0.357 e. The lowest BCUT2D eigenvalue weighted by Crippen LogP contribution is -2.39. The molecule has 1 rings (SSSR count). The number of hydrogen-bond donors (Lipinski definition) is 3. The van der Waals surface area contributed by atoms with Gasteiger partial charge in [-0.15, -0.1) is 24.0 Å². The molecule has 0 unspecified atom stereocenters. The summed E-state index contributed by atoms with van der Waals surface area (Å²) < 4.78 is 0. The van der Waals surface area contributed by atoms with E-state index in [1.807, 2.05) is 19.9 Å². The van der Waals surface area contributed by atoms with Crippen LogP contribution in [0, 0.1) is 0 Å². The monoisotopic (exact) mass is 418 g/mol. The van der Waals surface area contributed by atoms with Crippen LogP contribution in [-0.4, -0.2) is 38.0 Å². The number of guanidine groups is 1. The molecular weight excluding hydrogens is 391 g/mol. The summed E-state index contributed by atoms with van der Waals surface area (Å²) >= 11 is 0. The smallest absolute Gasteiger partial charge is 0.241 e. The molecule has 0 saturated heterocycles. The predicted molar refractivity (Wildman–Crippen MR) is 103 cm³/mol. The zero-order chi connectivity index (χ0) is 15.3. The van der Waals surface area contributed by atoms with E-state index in [4.69, 9.17) is 0 Å².